The van der Waals surface area contributed by atoms with E-state index in [-0.39, 0.29) is 12.0 Å². The predicted octanol–water partition coefficient (Wildman–Crippen LogP) is 3.38. The molecule has 3 heterocycles. The van der Waals surface area contributed by atoms with Crippen LogP contribution in [0.5, 0.6) is 0 Å². The van der Waals surface area contributed by atoms with Crippen molar-refractivity contribution in [1.29, 1.82) is 0 Å². The van der Waals surface area contributed by atoms with Crippen LogP contribution in [0.4, 0.5) is 0 Å². The van der Waals surface area contributed by atoms with Crippen molar-refractivity contribution < 1.29 is 9.53 Å². The largest absolute Gasteiger partial charge is 0.376 e. The van der Waals surface area contributed by atoms with Crippen LogP contribution in [0.1, 0.15) is 12.8 Å². The molecule has 0 unspecified atom stereocenters. The Hall–Kier alpha value is -2.16. The predicted molar refractivity (Wildman–Crippen MR) is 107 cm³/mol. The van der Waals surface area contributed by atoms with Crippen LogP contribution in [0.15, 0.2) is 53.0 Å². The summed E-state index contributed by atoms with van der Waals surface area (Å²) in [4.78, 5) is 13.3. The minimum atomic E-state index is -0.0178. The number of carbonyl (C=O) groups excluding carboxylic acids is 1. The Morgan fingerprint density at radius 1 is 1.26 bits per heavy atom. The Balaban J connectivity index is 1.48. The molecule has 3 aromatic rings. The number of thioether (sulfide) groups is 1. The molecule has 1 amide bonds. The summed E-state index contributed by atoms with van der Waals surface area (Å²) in [6.07, 6.45) is 2.23. The van der Waals surface area contributed by atoms with Crippen molar-refractivity contribution in [2.24, 2.45) is 0 Å². The Kier molecular flexibility index (Phi) is 5.86. The van der Waals surface area contributed by atoms with Crippen molar-refractivity contribution in [1.82, 2.24) is 20.1 Å². The lowest BCUT2D eigenvalue weighted by molar-refractivity contribution is -0.119. The first kappa shape index (κ1) is 18.2. The zero-order valence-electron chi connectivity index (χ0n) is 14.7. The highest BCUT2D eigenvalue weighted by molar-refractivity contribution is 7.99. The maximum Gasteiger partial charge on any atom is 0.230 e. The van der Waals surface area contributed by atoms with E-state index in [0.717, 1.165) is 35.8 Å². The van der Waals surface area contributed by atoms with Crippen LogP contribution in [-0.4, -0.2) is 45.7 Å². The molecule has 0 spiro atoms. The van der Waals surface area contributed by atoms with Crippen LogP contribution in [0.3, 0.4) is 0 Å². The molecule has 27 heavy (non-hydrogen) atoms. The van der Waals surface area contributed by atoms with Crippen molar-refractivity contribution in [2.75, 3.05) is 18.9 Å². The lowest BCUT2D eigenvalue weighted by Crippen LogP contribution is -2.32. The molecule has 1 aliphatic rings. The van der Waals surface area contributed by atoms with Gasteiger partial charge in [0.1, 0.15) is 0 Å². The molecular weight excluding hydrogens is 380 g/mol. The molecule has 0 saturated carbocycles. The first-order valence-corrected chi connectivity index (χ1v) is 10.7. The summed E-state index contributed by atoms with van der Waals surface area (Å²) in [5, 5.41) is 14.4. The van der Waals surface area contributed by atoms with E-state index in [0.29, 0.717) is 17.5 Å². The Morgan fingerprint density at radius 3 is 2.89 bits per heavy atom. The van der Waals surface area contributed by atoms with E-state index in [4.69, 9.17) is 4.74 Å². The van der Waals surface area contributed by atoms with Gasteiger partial charge >= 0.3 is 0 Å². The molecule has 1 aliphatic heterocycles. The fourth-order valence-electron chi connectivity index (χ4n) is 2.95. The zero-order valence-corrected chi connectivity index (χ0v) is 16.3. The van der Waals surface area contributed by atoms with Gasteiger partial charge in [0.05, 0.1) is 16.7 Å². The number of hydrogen-bond acceptors (Lipinski definition) is 6. The van der Waals surface area contributed by atoms with Gasteiger partial charge in [-0.3, -0.25) is 9.36 Å². The molecule has 1 atom stereocenters. The first-order valence-electron chi connectivity index (χ1n) is 8.87. The number of amides is 1. The molecule has 0 bridgehead atoms. The fourth-order valence-corrected chi connectivity index (χ4v) is 4.43. The molecular formula is C19H20N4O2S2. The highest BCUT2D eigenvalue weighted by Crippen LogP contribution is 2.30. The van der Waals surface area contributed by atoms with Crippen LogP contribution in [0.2, 0.25) is 0 Å². The normalized spacial score (nSPS) is 16.5. The Bertz CT molecular complexity index is 875. The third-order valence-corrected chi connectivity index (χ3v) is 6.07. The van der Waals surface area contributed by atoms with Crippen molar-refractivity contribution in [2.45, 2.75) is 24.1 Å². The average Bonchev–Trinajstić information content (AvgIpc) is 3.46. The van der Waals surface area contributed by atoms with Gasteiger partial charge in [-0.1, -0.05) is 36.0 Å². The van der Waals surface area contributed by atoms with Crippen LogP contribution in [0.25, 0.3) is 16.4 Å². The molecule has 2 aromatic heterocycles. The van der Waals surface area contributed by atoms with Crippen LogP contribution >= 0.6 is 23.1 Å². The van der Waals surface area contributed by atoms with Gasteiger partial charge in [-0.25, -0.2) is 0 Å². The van der Waals surface area contributed by atoms with Crippen LogP contribution in [-0.2, 0) is 9.53 Å². The van der Waals surface area contributed by atoms with Gasteiger partial charge in [0, 0.05) is 18.8 Å². The minimum Gasteiger partial charge on any atom is -0.376 e. The minimum absolute atomic E-state index is 0.0178. The summed E-state index contributed by atoms with van der Waals surface area (Å²) in [6.45, 7) is 1.37. The molecule has 8 heteroatoms. The summed E-state index contributed by atoms with van der Waals surface area (Å²) < 4.78 is 7.54. The molecule has 1 N–H and O–H groups in total. The quantitative estimate of drug-likeness (QED) is 0.616. The fraction of sp³-hybridized carbons (Fsp3) is 0.316. The topological polar surface area (TPSA) is 69.0 Å². The van der Waals surface area contributed by atoms with E-state index in [1.54, 1.807) is 11.3 Å². The summed E-state index contributed by atoms with van der Waals surface area (Å²) in [5.41, 5.74) is 0.980. The maximum absolute atomic E-state index is 12.2. The zero-order chi connectivity index (χ0) is 18.5. The number of aromatic nitrogens is 3. The number of nitrogens with zero attached hydrogens (tertiary/aromatic N) is 3. The average molecular weight is 401 g/mol. The van der Waals surface area contributed by atoms with Crippen LogP contribution in [0, 0.1) is 0 Å². The standard InChI is InChI=1S/C19H20N4O2S2/c24-17(20-12-15-8-4-10-25-15)13-27-19-22-21-18(16-9-5-11-26-16)23(19)14-6-2-1-3-7-14/h1-3,5-7,9,11,15H,4,8,10,12-13H2,(H,20,24)/t15-/m0/s1. The molecule has 1 aromatic carbocycles. The van der Waals surface area contributed by atoms with E-state index in [9.17, 15) is 4.79 Å². The van der Waals surface area contributed by atoms with Gasteiger partial charge in [0.25, 0.3) is 0 Å². The summed E-state index contributed by atoms with van der Waals surface area (Å²) in [6, 6.07) is 14.0. The van der Waals surface area contributed by atoms with E-state index >= 15 is 0 Å². The van der Waals surface area contributed by atoms with Crippen molar-refractivity contribution >= 4 is 29.0 Å². The molecule has 4 rings (SSSR count). The molecule has 1 fully saturated rings. The highest BCUT2D eigenvalue weighted by Gasteiger charge is 2.19. The summed E-state index contributed by atoms with van der Waals surface area (Å²) in [7, 11) is 0. The Morgan fingerprint density at radius 2 is 2.15 bits per heavy atom. The number of ether oxygens (including phenoxy) is 1. The van der Waals surface area contributed by atoms with E-state index in [1.807, 2.05) is 52.4 Å². The smallest absolute Gasteiger partial charge is 0.230 e. The van der Waals surface area contributed by atoms with E-state index in [1.165, 1.54) is 11.8 Å². The number of hydrogen-bond donors (Lipinski definition) is 1. The molecule has 1 saturated heterocycles. The monoisotopic (exact) mass is 400 g/mol. The van der Waals surface area contributed by atoms with Crippen molar-refractivity contribution in [3.63, 3.8) is 0 Å². The maximum atomic E-state index is 12.2. The van der Waals surface area contributed by atoms with Gasteiger partial charge < -0.3 is 10.1 Å². The SMILES string of the molecule is O=C(CSc1nnc(-c2cccs2)n1-c1ccccc1)NC[C@@H]1CCCO1. The molecule has 0 radical (unpaired) electrons. The first-order chi connectivity index (χ1) is 13.3. The second-order valence-corrected chi connectivity index (χ2v) is 8.07. The van der Waals surface area contributed by atoms with Gasteiger partial charge in [-0.15, -0.1) is 21.5 Å². The van der Waals surface area contributed by atoms with Crippen molar-refractivity contribution in [3.8, 4) is 16.4 Å². The highest BCUT2D eigenvalue weighted by atomic mass is 32.2. The third-order valence-electron chi connectivity index (χ3n) is 4.27. The van der Waals surface area contributed by atoms with Gasteiger partial charge in [0.2, 0.25) is 5.91 Å². The third kappa shape index (κ3) is 4.40. The van der Waals surface area contributed by atoms with Crippen molar-refractivity contribution in [3.05, 3.63) is 47.8 Å². The molecule has 140 valence electrons. The second kappa shape index (κ2) is 8.69. The lowest BCUT2D eigenvalue weighted by atomic mass is 10.2. The van der Waals surface area contributed by atoms with Gasteiger partial charge in [-0.2, -0.15) is 0 Å². The lowest BCUT2D eigenvalue weighted by Gasteiger charge is -2.11. The van der Waals surface area contributed by atoms with Gasteiger partial charge in [-0.05, 0) is 36.4 Å². The second-order valence-electron chi connectivity index (χ2n) is 6.18. The number of benzene rings is 1. The number of para-hydroxylation sites is 1. The van der Waals surface area contributed by atoms with E-state index < -0.39 is 0 Å². The summed E-state index contributed by atoms with van der Waals surface area (Å²) >= 11 is 3.01. The number of nitrogens with one attached hydrogen (secondary N) is 1. The van der Waals surface area contributed by atoms with Gasteiger partial charge in [0.15, 0.2) is 11.0 Å². The van der Waals surface area contributed by atoms with E-state index in [2.05, 4.69) is 15.5 Å². The Labute approximate surface area is 166 Å². The number of rotatable bonds is 7. The number of thiophene rings is 1. The number of carbonyl (C=O) groups is 1. The molecule has 6 nitrogen and oxygen atoms in total. The summed E-state index contributed by atoms with van der Waals surface area (Å²) in [5.74, 6) is 1.07. The van der Waals surface area contributed by atoms with Crippen LogP contribution < -0.4 is 5.32 Å². The molecule has 0 aliphatic carbocycles.